The number of carbonyl (C=O) groups is 1. The van der Waals surface area contributed by atoms with E-state index in [4.69, 9.17) is 26.3 Å². The summed E-state index contributed by atoms with van der Waals surface area (Å²) in [7, 11) is 1.45. The fourth-order valence-electron chi connectivity index (χ4n) is 7.10. The van der Waals surface area contributed by atoms with Crippen LogP contribution in [0, 0.1) is 17.1 Å². The van der Waals surface area contributed by atoms with Crippen molar-refractivity contribution < 1.29 is 23.0 Å². The number of amides is 1. The lowest BCUT2D eigenvalue weighted by atomic mass is 10.0. The van der Waals surface area contributed by atoms with E-state index in [1.807, 2.05) is 40.1 Å². The minimum Gasteiger partial charge on any atom is -0.467 e. The zero-order valence-corrected chi connectivity index (χ0v) is 32.3. The Balaban J connectivity index is 0.000000442. The first-order valence-corrected chi connectivity index (χ1v) is 18.8. The van der Waals surface area contributed by atoms with Gasteiger partial charge < -0.3 is 24.6 Å². The summed E-state index contributed by atoms with van der Waals surface area (Å²) in [4.78, 5) is 32.5. The first-order chi connectivity index (χ1) is 26.1. The molecule has 0 saturated carbocycles. The highest BCUT2D eigenvalue weighted by Gasteiger charge is 2.26. The monoisotopic (exact) mass is 762 g/mol. The second-order valence-electron chi connectivity index (χ2n) is 13.6. The van der Waals surface area contributed by atoms with Crippen molar-refractivity contribution in [3.8, 4) is 23.3 Å². The number of nitrogens with one attached hydrogen (secondary N) is 1. The van der Waals surface area contributed by atoms with Crippen LogP contribution >= 0.6 is 11.6 Å². The van der Waals surface area contributed by atoms with Crippen LogP contribution in [-0.4, -0.2) is 115 Å². The van der Waals surface area contributed by atoms with Crippen molar-refractivity contribution in [1.82, 2.24) is 30.1 Å². The van der Waals surface area contributed by atoms with Crippen molar-refractivity contribution in [2.75, 3.05) is 64.4 Å². The summed E-state index contributed by atoms with van der Waals surface area (Å²) >= 11 is 6.52. The topological polar surface area (TPSA) is 120 Å². The maximum absolute atomic E-state index is 16.2. The van der Waals surface area contributed by atoms with Crippen LogP contribution in [0.25, 0.3) is 32.9 Å². The standard InChI is InChI=1S/C32H34ClFN6O3.C6H12FN.C2H3N/c1-20-18-38(19-21(2)43-20)12-6-11-26(41)39-13-15-40(16-14-39)31-24-17-35-29(28(34)30(24)36-32(37-31)42-3)23-9-4-7-22-8-5-10-25(33)27(22)23;1-2-6-3-5(7)4-8-6;1-2-3/h4-11,17,20-21H,12-16,18-19H2,1-3H3;5-6,8H,2-4H2,1H3;1H3/b11-6+;;. The number of hydrogen-bond donors (Lipinski definition) is 1. The lowest BCUT2D eigenvalue weighted by Gasteiger charge is -2.35. The summed E-state index contributed by atoms with van der Waals surface area (Å²) in [6.45, 7) is 12.7. The van der Waals surface area contributed by atoms with Gasteiger partial charge in [0, 0.05) is 93.6 Å². The molecule has 0 spiro atoms. The Kier molecular flexibility index (Phi) is 14.5. The number of alkyl halides is 1. The van der Waals surface area contributed by atoms with E-state index in [0.717, 1.165) is 36.7 Å². The van der Waals surface area contributed by atoms with Crippen molar-refractivity contribution in [1.29, 1.82) is 5.26 Å². The van der Waals surface area contributed by atoms with Crippen LogP contribution in [0.3, 0.4) is 0 Å². The normalized spacial score (nSPS) is 21.7. The van der Waals surface area contributed by atoms with Gasteiger partial charge in [-0.25, -0.2) is 8.78 Å². The van der Waals surface area contributed by atoms with Gasteiger partial charge in [-0.1, -0.05) is 54.9 Å². The SMILES string of the molecule is CC#N.CCC1CC(F)CN1.COc1nc(N2CCN(C(=O)/C=C/CN3CC(C)OC(C)C3)CC2)c2cnc(-c3cccc4cccc(Cl)c34)c(F)c2n1. The summed E-state index contributed by atoms with van der Waals surface area (Å²) in [5.74, 6) is -0.0749. The van der Waals surface area contributed by atoms with E-state index in [1.165, 1.54) is 14.0 Å². The molecule has 2 aromatic carbocycles. The van der Waals surface area contributed by atoms with Gasteiger partial charge in [0.1, 0.15) is 23.2 Å². The minimum atomic E-state index is -0.583. The first kappa shape index (κ1) is 40.7. The van der Waals surface area contributed by atoms with Gasteiger partial charge in [-0.15, -0.1) is 0 Å². The lowest BCUT2D eigenvalue weighted by Crippen LogP contribution is -2.48. The molecule has 4 aromatic rings. The molecule has 2 aromatic heterocycles. The highest BCUT2D eigenvalue weighted by molar-refractivity contribution is 6.36. The number of nitriles is 1. The molecule has 3 aliphatic heterocycles. The summed E-state index contributed by atoms with van der Waals surface area (Å²) in [5.41, 5.74) is 0.852. The van der Waals surface area contributed by atoms with Crippen LogP contribution in [0.4, 0.5) is 14.6 Å². The number of pyridine rings is 1. The Bertz CT molecular complexity index is 1950. The summed E-state index contributed by atoms with van der Waals surface area (Å²) < 4.78 is 39.7. The number of benzene rings is 2. The molecular weight excluding hydrogens is 714 g/mol. The minimum absolute atomic E-state index is 0.0229. The lowest BCUT2D eigenvalue weighted by molar-refractivity contribution is -0.126. The number of aromatic nitrogens is 3. The Morgan fingerprint density at radius 1 is 1.13 bits per heavy atom. The van der Waals surface area contributed by atoms with Crippen LogP contribution in [-0.2, 0) is 9.53 Å². The van der Waals surface area contributed by atoms with Crippen molar-refractivity contribution in [2.45, 2.75) is 65.0 Å². The Hall–Kier alpha value is -4.48. The van der Waals surface area contributed by atoms with Gasteiger partial charge in [0.2, 0.25) is 5.91 Å². The molecule has 4 unspecified atom stereocenters. The molecule has 3 saturated heterocycles. The van der Waals surface area contributed by atoms with Crippen molar-refractivity contribution in [3.05, 3.63) is 65.6 Å². The highest BCUT2D eigenvalue weighted by atomic mass is 35.5. The molecule has 4 atom stereocenters. The summed E-state index contributed by atoms with van der Waals surface area (Å²) in [5, 5.41) is 13.0. The number of piperazine rings is 1. The van der Waals surface area contributed by atoms with E-state index >= 15 is 4.39 Å². The molecule has 1 N–H and O–H groups in total. The molecule has 5 heterocycles. The fourth-order valence-corrected chi connectivity index (χ4v) is 7.38. The molecule has 0 radical (unpaired) electrons. The van der Waals surface area contributed by atoms with E-state index < -0.39 is 12.0 Å². The molecular formula is C40H49ClF2N8O3. The van der Waals surface area contributed by atoms with E-state index in [9.17, 15) is 9.18 Å². The average Bonchev–Trinajstić information content (AvgIpc) is 3.60. The van der Waals surface area contributed by atoms with Crippen LogP contribution in [0.5, 0.6) is 6.01 Å². The fraction of sp³-hybridized carbons (Fsp3) is 0.475. The highest BCUT2D eigenvalue weighted by Crippen LogP contribution is 2.37. The molecule has 11 nitrogen and oxygen atoms in total. The van der Waals surface area contributed by atoms with E-state index in [1.54, 1.807) is 30.5 Å². The predicted molar refractivity (Wildman–Crippen MR) is 209 cm³/mol. The number of halogens is 3. The second-order valence-corrected chi connectivity index (χ2v) is 14.0. The van der Waals surface area contributed by atoms with Gasteiger partial charge in [-0.3, -0.25) is 14.7 Å². The smallest absolute Gasteiger partial charge is 0.318 e. The summed E-state index contributed by atoms with van der Waals surface area (Å²) in [6, 6.07) is 13.4. The third-order valence-corrected chi connectivity index (χ3v) is 9.92. The maximum Gasteiger partial charge on any atom is 0.318 e. The van der Waals surface area contributed by atoms with Gasteiger partial charge in [0.25, 0.3) is 0 Å². The third-order valence-electron chi connectivity index (χ3n) is 9.61. The number of fused-ring (bicyclic) bond motifs is 2. The number of methoxy groups -OCH3 is 1. The number of nitrogens with zero attached hydrogens (tertiary/aromatic N) is 7. The van der Waals surface area contributed by atoms with Crippen molar-refractivity contribution in [2.24, 2.45) is 0 Å². The number of anilines is 1. The zero-order valence-electron chi connectivity index (χ0n) is 31.6. The van der Waals surface area contributed by atoms with Gasteiger partial charge in [0.15, 0.2) is 5.82 Å². The number of hydrogen-bond acceptors (Lipinski definition) is 10. The molecule has 7 rings (SSSR count). The van der Waals surface area contributed by atoms with E-state index in [-0.39, 0.29) is 35.3 Å². The van der Waals surface area contributed by atoms with Gasteiger partial charge >= 0.3 is 6.01 Å². The van der Waals surface area contributed by atoms with Crippen LogP contribution in [0.15, 0.2) is 54.7 Å². The largest absolute Gasteiger partial charge is 0.467 e. The molecule has 54 heavy (non-hydrogen) atoms. The van der Waals surface area contributed by atoms with Gasteiger partial charge in [0.05, 0.1) is 30.8 Å². The number of rotatable bonds is 7. The van der Waals surface area contributed by atoms with Gasteiger partial charge in [-0.2, -0.15) is 15.2 Å². The first-order valence-electron chi connectivity index (χ1n) is 18.4. The molecule has 14 heteroatoms. The number of carbonyl (C=O) groups excluding carboxylic acids is 1. The second kappa shape index (κ2) is 19.2. The van der Waals surface area contributed by atoms with Crippen LogP contribution in [0.2, 0.25) is 5.02 Å². The Labute approximate surface area is 320 Å². The molecule has 0 aliphatic carbocycles. The molecule has 1 amide bonds. The predicted octanol–water partition coefficient (Wildman–Crippen LogP) is 6.59. The van der Waals surface area contributed by atoms with Crippen LogP contribution in [0.1, 0.15) is 40.5 Å². The van der Waals surface area contributed by atoms with Crippen LogP contribution < -0.4 is 15.0 Å². The Morgan fingerprint density at radius 2 is 1.81 bits per heavy atom. The average molecular weight is 763 g/mol. The molecule has 288 valence electrons. The third kappa shape index (κ3) is 9.98. The van der Waals surface area contributed by atoms with E-state index in [0.29, 0.717) is 67.1 Å². The molecule has 3 aliphatic rings. The zero-order chi connectivity index (χ0) is 38.8. The van der Waals surface area contributed by atoms with Crippen molar-refractivity contribution >= 4 is 45.0 Å². The maximum atomic E-state index is 16.2. The summed E-state index contributed by atoms with van der Waals surface area (Å²) in [6.07, 6.45) is 6.75. The Morgan fingerprint density at radius 3 is 2.43 bits per heavy atom. The van der Waals surface area contributed by atoms with Gasteiger partial charge in [-0.05, 0) is 38.1 Å². The van der Waals surface area contributed by atoms with Crippen molar-refractivity contribution in [3.63, 3.8) is 0 Å². The molecule has 0 bridgehead atoms. The van der Waals surface area contributed by atoms with E-state index in [2.05, 4.69) is 45.9 Å². The number of ether oxygens (including phenoxy) is 2. The molecule has 3 fully saturated rings. The quantitative estimate of drug-likeness (QED) is 0.207. The number of morpholine rings is 1.